The average molecular weight is 257 g/mol. The van der Waals surface area contributed by atoms with Crippen LogP contribution in [0.25, 0.3) is 0 Å². The Bertz CT molecular complexity index is 547. The molecule has 1 aliphatic carbocycles. The molecule has 4 nitrogen and oxygen atoms in total. The molecule has 0 aromatic carbocycles. The van der Waals surface area contributed by atoms with Crippen LogP contribution in [-0.2, 0) is 13.1 Å². The molecule has 0 bridgehead atoms. The molecule has 19 heavy (non-hydrogen) atoms. The van der Waals surface area contributed by atoms with Gasteiger partial charge in [0, 0.05) is 24.9 Å². The Kier molecular flexibility index (Phi) is 3.34. The smallest absolute Gasteiger partial charge is 0.117 e. The Morgan fingerprint density at radius 3 is 2.79 bits per heavy atom. The van der Waals surface area contributed by atoms with Crippen molar-refractivity contribution in [3.8, 4) is 0 Å². The van der Waals surface area contributed by atoms with Crippen LogP contribution in [0.2, 0.25) is 0 Å². The molecule has 2 aromatic rings. The highest BCUT2D eigenvalue weighted by atomic mass is 16.3. The number of furan rings is 1. The highest BCUT2D eigenvalue weighted by Crippen LogP contribution is 2.47. The van der Waals surface area contributed by atoms with Crippen LogP contribution in [0.5, 0.6) is 0 Å². The molecule has 2 aromatic heterocycles. The van der Waals surface area contributed by atoms with E-state index in [0.29, 0.717) is 12.5 Å². The Labute approximate surface area is 113 Å². The number of aryl methyl sites for hydroxylation is 1. The van der Waals surface area contributed by atoms with E-state index in [1.54, 1.807) is 6.20 Å². The number of hydrogen-bond donors (Lipinski definition) is 1. The molecule has 1 aliphatic rings. The van der Waals surface area contributed by atoms with Crippen LogP contribution in [0.1, 0.15) is 42.2 Å². The zero-order valence-electron chi connectivity index (χ0n) is 11.4. The minimum absolute atomic E-state index is 0.650. The van der Waals surface area contributed by atoms with Gasteiger partial charge in [-0.25, -0.2) is 0 Å². The second-order valence-corrected chi connectivity index (χ2v) is 5.38. The minimum Gasteiger partial charge on any atom is -0.464 e. The summed E-state index contributed by atoms with van der Waals surface area (Å²) < 4.78 is 5.84. The lowest BCUT2D eigenvalue weighted by Gasteiger charge is -2.02. The summed E-state index contributed by atoms with van der Waals surface area (Å²) in [5, 5.41) is 3.33. The van der Waals surface area contributed by atoms with Crippen LogP contribution < -0.4 is 5.32 Å². The van der Waals surface area contributed by atoms with Crippen molar-refractivity contribution < 1.29 is 4.42 Å². The van der Waals surface area contributed by atoms with Gasteiger partial charge < -0.3 is 9.73 Å². The lowest BCUT2D eigenvalue weighted by atomic mass is 10.3. The van der Waals surface area contributed by atoms with Crippen molar-refractivity contribution >= 4 is 0 Å². The molecule has 1 saturated carbocycles. The number of hydrogen-bond acceptors (Lipinski definition) is 4. The number of rotatable bonds is 5. The third-order valence-electron chi connectivity index (χ3n) is 3.60. The maximum absolute atomic E-state index is 5.84. The summed E-state index contributed by atoms with van der Waals surface area (Å²) in [5.41, 5.74) is 1.89. The van der Waals surface area contributed by atoms with Crippen molar-refractivity contribution in [2.45, 2.75) is 39.3 Å². The highest BCUT2D eigenvalue weighted by Gasteiger charge is 2.36. The predicted octanol–water partition coefficient (Wildman–Crippen LogP) is 2.79. The fourth-order valence-corrected chi connectivity index (χ4v) is 2.23. The molecular weight excluding hydrogens is 238 g/mol. The van der Waals surface area contributed by atoms with E-state index < -0.39 is 0 Å². The van der Waals surface area contributed by atoms with Gasteiger partial charge in [0.1, 0.15) is 11.5 Å². The van der Waals surface area contributed by atoms with Crippen molar-refractivity contribution in [3.63, 3.8) is 0 Å². The van der Waals surface area contributed by atoms with Gasteiger partial charge in [-0.05, 0) is 31.4 Å². The predicted molar refractivity (Wildman–Crippen MR) is 72.5 cm³/mol. The van der Waals surface area contributed by atoms with E-state index in [2.05, 4.69) is 34.3 Å². The molecule has 0 saturated heterocycles. The second kappa shape index (κ2) is 5.13. The van der Waals surface area contributed by atoms with Crippen LogP contribution in [0, 0.1) is 12.8 Å². The topological polar surface area (TPSA) is 51.0 Å². The summed E-state index contributed by atoms with van der Waals surface area (Å²) in [6.07, 6.45) is 4.86. The largest absolute Gasteiger partial charge is 0.464 e. The molecule has 2 unspecified atom stereocenters. The summed E-state index contributed by atoms with van der Waals surface area (Å²) in [4.78, 5) is 8.53. The molecule has 2 atom stereocenters. The van der Waals surface area contributed by atoms with Gasteiger partial charge in [-0.2, -0.15) is 0 Å². The zero-order valence-corrected chi connectivity index (χ0v) is 11.4. The first-order valence-corrected chi connectivity index (χ1v) is 6.79. The molecule has 0 amide bonds. The van der Waals surface area contributed by atoms with Crippen molar-refractivity contribution in [1.82, 2.24) is 15.3 Å². The fourth-order valence-electron chi connectivity index (χ4n) is 2.23. The first-order valence-electron chi connectivity index (χ1n) is 6.79. The Morgan fingerprint density at radius 2 is 2.11 bits per heavy atom. The maximum atomic E-state index is 5.84. The summed E-state index contributed by atoms with van der Waals surface area (Å²) in [6.45, 7) is 5.65. The molecule has 2 heterocycles. The minimum atomic E-state index is 0.650. The molecule has 0 radical (unpaired) electrons. The van der Waals surface area contributed by atoms with E-state index in [-0.39, 0.29) is 0 Å². The third-order valence-corrected chi connectivity index (χ3v) is 3.60. The van der Waals surface area contributed by atoms with E-state index in [0.717, 1.165) is 35.4 Å². The lowest BCUT2D eigenvalue weighted by molar-refractivity contribution is 0.443. The van der Waals surface area contributed by atoms with Gasteiger partial charge in [0.2, 0.25) is 0 Å². The van der Waals surface area contributed by atoms with Crippen LogP contribution in [0.15, 0.2) is 28.9 Å². The molecule has 3 rings (SSSR count). The van der Waals surface area contributed by atoms with Crippen molar-refractivity contribution in [1.29, 1.82) is 0 Å². The molecule has 4 heteroatoms. The standard InChI is InChI=1S/C15H19N3O/c1-10-5-14(10)15-4-3-13(19-15)9-16-7-12-8-17-11(2)6-18-12/h3-4,6,8,10,14,16H,5,7,9H2,1-2H3. The van der Waals surface area contributed by atoms with Crippen LogP contribution in [0.4, 0.5) is 0 Å². The lowest BCUT2D eigenvalue weighted by Crippen LogP contribution is -2.13. The highest BCUT2D eigenvalue weighted by molar-refractivity contribution is 5.17. The van der Waals surface area contributed by atoms with Gasteiger partial charge in [0.25, 0.3) is 0 Å². The summed E-state index contributed by atoms with van der Waals surface area (Å²) in [6, 6.07) is 4.17. The van der Waals surface area contributed by atoms with Gasteiger partial charge >= 0.3 is 0 Å². The van der Waals surface area contributed by atoms with Gasteiger partial charge in [0.05, 0.1) is 17.9 Å². The summed E-state index contributed by atoms with van der Waals surface area (Å²) in [7, 11) is 0. The van der Waals surface area contributed by atoms with Crippen LogP contribution in [-0.4, -0.2) is 9.97 Å². The molecular formula is C15H19N3O. The van der Waals surface area contributed by atoms with Crippen LogP contribution in [0.3, 0.4) is 0 Å². The van der Waals surface area contributed by atoms with Gasteiger partial charge in [0.15, 0.2) is 0 Å². The third kappa shape index (κ3) is 3.01. The average Bonchev–Trinajstić information content (AvgIpc) is 2.96. The summed E-state index contributed by atoms with van der Waals surface area (Å²) in [5.74, 6) is 3.57. The van der Waals surface area contributed by atoms with E-state index >= 15 is 0 Å². The maximum Gasteiger partial charge on any atom is 0.117 e. The first kappa shape index (κ1) is 12.4. The number of aromatic nitrogens is 2. The molecule has 0 spiro atoms. The van der Waals surface area contributed by atoms with E-state index in [1.807, 2.05) is 13.1 Å². The van der Waals surface area contributed by atoms with Crippen molar-refractivity contribution in [3.05, 3.63) is 47.4 Å². The van der Waals surface area contributed by atoms with Crippen molar-refractivity contribution in [2.24, 2.45) is 5.92 Å². The molecule has 100 valence electrons. The van der Waals surface area contributed by atoms with E-state index in [9.17, 15) is 0 Å². The zero-order chi connectivity index (χ0) is 13.2. The Balaban J connectivity index is 1.49. The molecule has 1 fully saturated rings. The fraction of sp³-hybridized carbons (Fsp3) is 0.467. The summed E-state index contributed by atoms with van der Waals surface area (Å²) >= 11 is 0. The normalized spacial score (nSPS) is 21.6. The monoisotopic (exact) mass is 257 g/mol. The van der Waals surface area contributed by atoms with E-state index in [4.69, 9.17) is 4.42 Å². The Hall–Kier alpha value is -1.68. The van der Waals surface area contributed by atoms with Gasteiger partial charge in [-0.3, -0.25) is 9.97 Å². The molecule has 1 N–H and O–H groups in total. The van der Waals surface area contributed by atoms with Gasteiger partial charge in [-0.1, -0.05) is 6.92 Å². The quantitative estimate of drug-likeness (QED) is 0.895. The Morgan fingerprint density at radius 1 is 1.26 bits per heavy atom. The number of nitrogens with one attached hydrogen (secondary N) is 1. The van der Waals surface area contributed by atoms with Gasteiger partial charge in [-0.15, -0.1) is 0 Å². The SMILES string of the molecule is Cc1cnc(CNCc2ccc(C3CC3C)o2)cn1. The van der Waals surface area contributed by atoms with Crippen LogP contribution >= 0.6 is 0 Å². The van der Waals surface area contributed by atoms with E-state index in [1.165, 1.54) is 6.42 Å². The van der Waals surface area contributed by atoms with Crippen molar-refractivity contribution in [2.75, 3.05) is 0 Å². The molecule has 0 aliphatic heterocycles. The second-order valence-electron chi connectivity index (χ2n) is 5.38. The first-order chi connectivity index (χ1) is 9.22. The number of nitrogens with zero attached hydrogens (tertiary/aromatic N) is 2.